The lowest BCUT2D eigenvalue weighted by molar-refractivity contribution is -0.140. The molecule has 0 bridgehead atoms. The molecule has 1 aliphatic heterocycles. The molecule has 2 N–H and O–H groups in total. The van der Waals surface area contributed by atoms with E-state index < -0.39 is 47.6 Å². The number of fused-ring (bicyclic) bond motifs is 1. The Morgan fingerprint density at radius 1 is 1.06 bits per heavy atom. The van der Waals surface area contributed by atoms with Gasteiger partial charge in [-0.2, -0.15) is 0 Å². The standard InChI is InChI=1S/C26H31N3O6/c1-16(28(5)25(34)35-26(2,3)4)22(30)27-21(17-11-7-6-8-12-17)23(31)29-19-14-10-9-13-18(19)15-20(29)24(32)33/h6-14,16,20-21H,15H2,1-5H3,(H,27,30)(H,32,33). The minimum Gasteiger partial charge on any atom is -0.480 e. The number of anilines is 1. The zero-order valence-corrected chi connectivity index (χ0v) is 20.5. The van der Waals surface area contributed by atoms with Crippen molar-refractivity contribution in [2.75, 3.05) is 11.9 Å². The molecule has 186 valence electrons. The molecule has 9 heteroatoms. The van der Waals surface area contributed by atoms with E-state index in [9.17, 15) is 24.3 Å². The highest BCUT2D eigenvalue weighted by Gasteiger charge is 2.42. The Labute approximate surface area is 204 Å². The van der Waals surface area contributed by atoms with Crippen molar-refractivity contribution >= 4 is 29.6 Å². The maximum absolute atomic E-state index is 13.8. The molecule has 0 radical (unpaired) electrons. The smallest absolute Gasteiger partial charge is 0.410 e. The maximum atomic E-state index is 13.8. The van der Waals surface area contributed by atoms with E-state index in [0.717, 1.165) is 10.5 Å². The predicted octanol–water partition coefficient (Wildman–Crippen LogP) is 3.14. The number of carboxylic acid groups (broad SMARTS) is 1. The summed E-state index contributed by atoms with van der Waals surface area (Å²) in [5, 5.41) is 12.5. The van der Waals surface area contributed by atoms with Crippen LogP contribution in [0, 0.1) is 0 Å². The largest absolute Gasteiger partial charge is 0.480 e. The average molecular weight is 482 g/mol. The third kappa shape index (κ3) is 5.79. The van der Waals surface area contributed by atoms with Crippen LogP contribution in [0.15, 0.2) is 54.6 Å². The summed E-state index contributed by atoms with van der Waals surface area (Å²) in [7, 11) is 1.44. The van der Waals surface area contributed by atoms with Crippen molar-refractivity contribution in [1.82, 2.24) is 10.2 Å². The molecular formula is C26H31N3O6. The molecule has 3 amide bonds. The molecule has 0 aromatic heterocycles. The first-order chi connectivity index (χ1) is 16.4. The van der Waals surface area contributed by atoms with Crippen molar-refractivity contribution in [1.29, 1.82) is 0 Å². The van der Waals surface area contributed by atoms with Gasteiger partial charge in [-0.25, -0.2) is 9.59 Å². The number of ether oxygens (including phenoxy) is 1. The van der Waals surface area contributed by atoms with E-state index in [1.807, 2.05) is 0 Å². The summed E-state index contributed by atoms with van der Waals surface area (Å²) in [6, 6.07) is 12.4. The van der Waals surface area contributed by atoms with Gasteiger partial charge in [-0.3, -0.25) is 19.4 Å². The molecule has 0 saturated heterocycles. The highest BCUT2D eigenvalue weighted by Crippen LogP contribution is 2.34. The van der Waals surface area contributed by atoms with E-state index in [-0.39, 0.29) is 6.42 Å². The summed E-state index contributed by atoms with van der Waals surface area (Å²) < 4.78 is 5.34. The molecule has 2 aromatic rings. The van der Waals surface area contributed by atoms with Crippen LogP contribution in [0.1, 0.15) is 44.9 Å². The second-order valence-electron chi connectivity index (χ2n) is 9.51. The quantitative estimate of drug-likeness (QED) is 0.655. The molecule has 0 fully saturated rings. The van der Waals surface area contributed by atoms with Crippen LogP contribution in [0.2, 0.25) is 0 Å². The summed E-state index contributed by atoms with van der Waals surface area (Å²) in [5.74, 6) is -2.29. The number of rotatable bonds is 6. The van der Waals surface area contributed by atoms with Crippen molar-refractivity contribution in [2.24, 2.45) is 0 Å². The van der Waals surface area contributed by atoms with E-state index in [0.29, 0.717) is 11.3 Å². The minimum atomic E-state index is -1.16. The van der Waals surface area contributed by atoms with Crippen molar-refractivity contribution in [3.05, 3.63) is 65.7 Å². The number of carbonyl (C=O) groups excluding carboxylic acids is 3. The number of likely N-dealkylation sites (N-methyl/N-ethyl adjacent to an activating group) is 1. The Kier molecular flexibility index (Phi) is 7.48. The van der Waals surface area contributed by atoms with Gasteiger partial charge in [-0.05, 0) is 44.9 Å². The molecule has 3 unspecified atom stereocenters. The maximum Gasteiger partial charge on any atom is 0.410 e. The Morgan fingerprint density at radius 3 is 2.26 bits per heavy atom. The van der Waals surface area contributed by atoms with E-state index in [1.165, 1.54) is 18.9 Å². The zero-order chi connectivity index (χ0) is 25.9. The highest BCUT2D eigenvalue weighted by molar-refractivity contribution is 6.06. The lowest BCUT2D eigenvalue weighted by atomic mass is 10.0. The van der Waals surface area contributed by atoms with E-state index in [4.69, 9.17) is 4.74 Å². The van der Waals surface area contributed by atoms with Crippen molar-refractivity contribution in [3.8, 4) is 0 Å². The van der Waals surface area contributed by atoms with Gasteiger partial charge >= 0.3 is 12.1 Å². The second-order valence-corrected chi connectivity index (χ2v) is 9.51. The Bertz CT molecular complexity index is 1110. The molecule has 1 heterocycles. The number of carbonyl (C=O) groups is 4. The molecular weight excluding hydrogens is 450 g/mol. The SMILES string of the molecule is CC(C(=O)NC(C(=O)N1c2ccccc2CC1C(=O)O)c1ccccc1)N(C)C(=O)OC(C)(C)C. The van der Waals surface area contributed by atoms with Gasteiger partial charge in [0.2, 0.25) is 5.91 Å². The van der Waals surface area contributed by atoms with Crippen LogP contribution in [-0.4, -0.2) is 58.6 Å². The van der Waals surface area contributed by atoms with Gasteiger partial charge in [0.1, 0.15) is 23.7 Å². The van der Waals surface area contributed by atoms with Crippen LogP contribution in [-0.2, 0) is 25.5 Å². The number of carboxylic acids is 1. The lowest BCUT2D eigenvalue weighted by Gasteiger charge is -2.31. The van der Waals surface area contributed by atoms with Gasteiger partial charge in [-0.1, -0.05) is 48.5 Å². The number of amides is 3. The molecule has 1 aliphatic rings. The fourth-order valence-electron chi connectivity index (χ4n) is 3.86. The molecule has 3 rings (SSSR count). The first-order valence-corrected chi connectivity index (χ1v) is 11.4. The van der Waals surface area contributed by atoms with E-state index in [2.05, 4.69) is 5.32 Å². The first kappa shape index (κ1) is 25.7. The molecule has 9 nitrogen and oxygen atoms in total. The fourth-order valence-corrected chi connectivity index (χ4v) is 3.86. The van der Waals surface area contributed by atoms with Gasteiger partial charge < -0.3 is 15.2 Å². The topological polar surface area (TPSA) is 116 Å². The Hall–Kier alpha value is -3.88. The average Bonchev–Trinajstić information content (AvgIpc) is 3.20. The molecule has 0 spiro atoms. The van der Waals surface area contributed by atoms with Crippen LogP contribution < -0.4 is 10.2 Å². The van der Waals surface area contributed by atoms with Crippen LogP contribution >= 0.6 is 0 Å². The lowest BCUT2D eigenvalue weighted by Crippen LogP contribution is -2.52. The Balaban J connectivity index is 1.90. The highest BCUT2D eigenvalue weighted by atomic mass is 16.6. The molecule has 2 aromatic carbocycles. The second kappa shape index (κ2) is 10.2. The van der Waals surface area contributed by atoms with Gasteiger partial charge in [0, 0.05) is 19.2 Å². The number of benzene rings is 2. The summed E-state index contributed by atoms with van der Waals surface area (Å²) in [5.41, 5.74) is 0.994. The number of hydrogen-bond acceptors (Lipinski definition) is 5. The van der Waals surface area contributed by atoms with Crippen LogP contribution in [0.3, 0.4) is 0 Å². The zero-order valence-electron chi connectivity index (χ0n) is 20.5. The summed E-state index contributed by atoms with van der Waals surface area (Å²) >= 11 is 0. The normalized spacial score (nSPS) is 16.6. The van der Waals surface area contributed by atoms with E-state index in [1.54, 1.807) is 75.4 Å². The van der Waals surface area contributed by atoms with E-state index >= 15 is 0 Å². The molecule has 0 saturated carbocycles. The number of para-hydroxylation sites is 1. The van der Waals surface area contributed by atoms with Gasteiger partial charge in [0.05, 0.1) is 0 Å². The number of nitrogens with one attached hydrogen (secondary N) is 1. The number of aliphatic carboxylic acids is 1. The molecule has 35 heavy (non-hydrogen) atoms. The summed E-state index contributed by atoms with van der Waals surface area (Å²) in [6.45, 7) is 6.69. The minimum absolute atomic E-state index is 0.171. The van der Waals surface area contributed by atoms with Gasteiger partial charge in [0.15, 0.2) is 0 Å². The van der Waals surface area contributed by atoms with Crippen molar-refractivity contribution in [3.63, 3.8) is 0 Å². The third-order valence-corrected chi connectivity index (χ3v) is 5.81. The number of hydrogen-bond donors (Lipinski definition) is 2. The van der Waals surface area contributed by atoms with Gasteiger partial charge in [-0.15, -0.1) is 0 Å². The van der Waals surface area contributed by atoms with Crippen LogP contribution in [0.25, 0.3) is 0 Å². The van der Waals surface area contributed by atoms with Crippen LogP contribution in [0.4, 0.5) is 10.5 Å². The number of nitrogens with zero attached hydrogens (tertiary/aromatic N) is 2. The monoisotopic (exact) mass is 481 g/mol. The third-order valence-electron chi connectivity index (χ3n) is 5.81. The van der Waals surface area contributed by atoms with Crippen LogP contribution in [0.5, 0.6) is 0 Å². The van der Waals surface area contributed by atoms with Gasteiger partial charge in [0.25, 0.3) is 5.91 Å². The predicted molar refractivity (Wildman–Crippen MR) is 130 cm³/mol. The molecule has 0 aliphatic carbocycles. The fraction of sp³-hybridized carbons (Fsp3) is 0.385. The Morgan fingerprint density at radius 2 is 1.66 bits per heavy atom. The first-order valence-electron chi connectivity index (χ1n) is 11.4. The van der Waals surface area contributed by atoms with Crippen molar-refractivity contribution in [2.45, 2.75) is 57.8 Å². The summed E-state index contributed by atoms with van der Waals surface area (Å²) in [4.78, 5) is 53.8. The molecule has 3 atom stereocenters. The summed E-state index contributed by atoms with van der Waals surface area (Å²) in [6.07, 6.45) is -0.507. The van der Waals surface area contributed by atoms with Crippen molar-refractivity contribution < 1.29 is 29.0 Å².